The van der Waals surface area contributed by atoms with Crippen molar-refractivity contribution in [2.24, 2.45) is 5.41 Å². The van der Waals surface area contributed by atoms with Gasteiger partial charge in [0.1, 0.15) is 5.02 Å². The summed E-state index contributed by atoms with van der Waals surface area (Å²) < 4.78 is 6.17. The van der Waals surface area contributed by atoms with Gasteiger partial charge in [-0.15, -0.1) is 0 Å². The van der Waals surface area contributed by atoms with Crippen LogP contribution in [0, 0.1) is 15.5 Å². The lowest BCUT2D eigenvalue weighted by molar-refractivity contribution is -0.384. The van der Waals surface area contributed by atoms with Gasteiger partial charge in [-0.25, -0.2) is 0 Å². The Morgan fingerprint density at radius 3 is 2.60 bits per heavy atom. The van der Waals surface area contributed by atoms with Gasteiger partial charge in [0.15, 0.2) is 0 Å². The van der Waals surface area contributed by atoms with E-state index in [2.05, 4.69) is 10.4 Å². The second-order valence-electron chi connectivity index (χ2n) is 5.87. The number of benzene rings is 1. The molecule has 132 valence electrons. The van der Waals surface area contributed by atoms with E-state index < -0.39 is 10.5 Å². The molecule has 0 saturated carbocycles. The molecule has 2 N–H and O–H groups in total. The van der Waals surface area contributed by atoms with E-state index in [1.54, 1.807) is 0 Å². The van der Waals surface area contributed by atoms with E-state index >= 15 is 0 Å². The Kier molecular flexibility index (Phi) is 4.71. The van der Waals surface area contributed by atoms with Crippen LogP contribution in [0.25, 0.3) is 5.69 Å². The highest BCUT2D eigenvalue weighted by atomic mass is 35.5. The van der Waals surface area contributed by atoms with E-state index in [1.807, 2.05) is 0 Å². The molecule has 10 heteroatoms. The highest BCUT2D eigenvalue weighted by Crippen LogP contribution is 2.28. The zero-order valence-corrected chi connectivity index (χ0v) is 13.8. The van der Waals surface area contributed by atoms with Crippen molar-refractivity contribution in [3.8, 4) is 5.69 Å². The monoisotopic (exact) mass is 366 g/mol. The third kappa shape index (κ3) is 3.34. The number of rotatable bonds is 6. The SMILES string of the molecule is O=c1c(Cl)c(NCC2(CO)COC2)cnn1-c1ccc([N+](=O)[O-])cc1. The van der Waals surface area contributed by atoms with E-state index in [9.17, 15) is 20.0 Å². The molecular weight excluding hydrogens is 352 g/mol. The molecule has 25 heavy (non-hydrogen) atoms. The Morgan fingerprint density at radius 2 is 2.08 bits per heavy atom. The van der Waals surface area contributed by atoms with E-state index in [0.717, 1.165) is 4.68 Å². The zero-order valence-electron chi connectivity index (χ0n) is 13.0. The van der Waals surface area contributed by atoms with Crippen molar-refractivity contribution in [2.75, 3.05) is 31.7 Å². The molecule has 0 bridgehead atoms. The van der Waals surface area contributed by atoms with Crippen LogP contribution < -0.4 is 10.9 Å². The van der Waals surface area contributed by atoms with Gasteiger partial charge in [-0.05, 0) is 12.1 Å². The van der Waals surface area contributed by atoms with Crippen LogP contribution in [0.3, 0.4) is 0 Å². The zero-order chi connectivity index (χ0) is 18.0. The quantitative estimate of drug-likeness (QED) is 0.582. The second kappa shape index (κ2) is 6.79. The summed E-state index contributed by atoms with van der Waals surface area (Å²) >= 11 is 6.13. The second-order valence-corrected chi connectivity index (χ2v) is 6.25. The van der Waals surface area contributed by atoms with Crippen LogP contribution in [0.5, 0.6) is 0 Å². The summed E-state index contributed by atoms with van der Waals surface area (Å²) in [5, 5.41) is 27.1. The van der Waals surface area contributed by atoms with Gasteiger partial charge in [0.2, 0.25) is 0 Å². The first-order chi connectivity index (χ1) is 12.0. The summed E-state index contributed by atoms with van der Waals surface area (Å²) in [6.07, 6.45) is 1.40. The molecular formula is C15H15ClN4O5. The number of nitro groups is 1. The van der Waals surface area contributed by atoms with Gasteiger partial charge in [0, 0.05) is 18.7 Å². The molecule has 1 aliphatic heterocycles. The number of aliphatic hydroxyl groups is 1. The van der Waals surface area contributed by atoms with Crippen molar-refractivity contribution < 1.29 is 14.8 Å². The molecule has 2 aromatic rings. The molecule has 9 nitrogen and oxygen atoms in total. The molecule has 1 aliphatic rings. The molecule has 1 aromatic heterocycles. The van der Waals surface area contributed by atoms with Crippen molar-refractivity contribution >= 4 is 23.0 Å². The van der Waals surface area contributed by atoms with Gasteiger partial charge >= 0.3 is 0 Å². The molecule has 0 unspecified atom stereocenters. The van der Waals surface area contributed by atoms with Gasteiger partial charge in [0.25, 0.3) is 11.2 Å². The number of aliphatic hydroxyl groups excluding tert-OH is 1. The summed E-state index contributed by atoms with van der Waals surface area (Å²) in [5.41, 5.74) is -0.300. The van der Waals surface area contributed by atoms with Gasteiger partial charge in [-0.3, -0.25) is 14.9 Å². The Hall–Kier alpha value is -2.49. The van der Waals surface area contributed by atoms with Crippen molar-refractivity contribution in [2.45, 2.75) is 0 Å². The smallest absolute Gasteiger partial charge is 0.292 e. The van der Waals surface area contributed by atoms with Crippen LogP contribution in [-0.4, -0.2) is 46.2 Å². The van der Waals surface area contributed by atoms with Gasteiger partial charge in [-0.2, -0.15) is 9.78 Å². The average molecular weight is 367 g/mol. The van der Waals surface area contributed by atoms with Crippen molar-refractivity contribution in [1.82, 2.24) is 9.78 Å². The number of nitrogens with one attached hydrogen (secondary N) is 1. The first-order valence-electron chi connectivity index (χ1n) is 7.41. The Morgan fingerprint density at radius 1 is 1.40 bits per heavy atom. The highest BCUT2D eigenvalue weighted by molar-refractivity contribution is 6.32. The van der Waals surface area contributed by atoms with E-state index in [1.165, 1.54) is 30.5 Å². The van der Waals surface area contributed by atoms with Crippen LogP contribution in [-0.2, 0) is 4.74 Å². The molecule has 0 spiro atoms. The molecule has 0 atom stereocenters. The number of halogens is 1. The van der Waals surface area contributed by atoms with Crippen molar-refractivity contribution in [3.63, 3.8) is 0 Å². The minimum Gasteiger partial charge on any atom is -0.396 e. The fraction of sp³-hybridized carbons (Fsp3) is 0.333. The minimum absolute atomic E-state index is 0.0368. The molecule has 1 fully saturated rings. The summed E-state index contributed by atoms with van der Waals surface area (Å²) in [6.45, 7) is 1.22. The predicted octanol–water partition coefficient (Wildman–Crippen LogP) is 1.21. The van der Waals surface area contributed by atoms with Gasteiger partial charge in [0.05, 0.1) is 47.7 Å². The van der Waals surface area contributed by atoms with E-state index in [-0.39, 0.29) is 22.7 Å². The Balaban J connectivity index is 1.82. The van der Waals surface area contributed by atoms with Crippen LogP contribution in [0.1, 0.15) is 0 Å². The third-order valence-corrected chi connectivity index (χ3v) is 4.40. The number of hydrogen-bond donors (Lipinski definition) is 2. The molecule has 2 heterocycles. The molecule has 1 aromatic carbocycles. The maximum absolute atomic E-state index is 12.4. The largest absolute Gasteiger partial charge is 0.396 e. The number of anilines is 1. The molecule has 1 saturated heterocycles. The lowest BCUT2D eigenvalue weighted by atomic mass is 9.87. The maximum atomic E-state index is 12.4. The number of nitro benzene ring substituents is 1. The number of non-ortho nitro benzene ring substituents is 1. The first kappa shape index (κ1) is 17.3. The number of nitrogens with zero attached hydrogens (tertiary/aromatic N) is 3. The number of aromatic nitrogens is 2. The van der Waals surface area contributed by atoms with E-state index in [4.69, 9.17) is 16.3 Å². The maximum Gasteiger partial charge on any atom is 0.292 e. The highest BCUT2D eigenvalue weighted by Gasteiger charge is 2.38. The number of ether oxygens (including phenoxy) is 1. The van der Waals surface area contributed by atoms with Crippen LogP contribution in [0.15, 0.2) is 35.3 Å². The Labute approximate surface area is 147 Å². The summed E-state index contributed by atoms with van der Waals surface area (Å²) in [5.74, 6) is 0. The van der Waals surface area contributed by atoms with Gasteiger partial charge < -0.3 is 15.2 Å². The number of hydrogen-bond acceptors (Lipinski definition) is 7. The summed E-state index contributed by atoms with van der Waals surface area (Å²) in [7, 11) is 0. The van der Waals surface area contributed by atoms with E-state index in [0.29, 0.717) is 31.1 Å². The van der Waals surface area contributed by atoms with Crippen molar-refractivity contribution in [3.05, 3.63) is 56.0 Å². The normalized spacial score (nSPS) is 15.4. The lowest BCUT2D eigenvalue weighted by Gasteiger charge is -2.40. The molecule has 0 radical (unpaired) electrons. The summed E-state index contributed by atoms with van der Waals surface area (Å²) in [6, 6.07) is 5.40. The topological polar surface area (TPSA) is 120 Å². The Bertz CT molecular complexity index is 842. The van der Waals surface area contributed by atoms with Crippen LogP contribution in [0.2, 0.25) is 5.02 Å². The minimum atomic E-state index is -0.552. The van der Waals surface area contributed by atoms with Crippen molar-refractivity contribution in [1.29, 1.82) is 0 Å². The van der Waals surface area contributed by atoms with Gasteiger partial charge in [-0.1, -0.05) is 11.6 Å². The molecule has 0 aliphatic carbocycles. The fourth-order valence-electron chi connectivity index (χ4n) is 2.38. The third-order valence-electron chi connectivity index (χ3n) is 4.03. The average Bonchev–Trinajstić information content (AvgIpc) is 2.58. The fourth-order valence-corrected chi connectivity index (χ4v) is 2.57. The molecule has 0 amide bonds. The lowest BCUT2D eigenvalue weighted by Crippen LogP contribution is -2.50. The van der Waals surface area contributed by atoms with Crippen LogP contribution in [0.4, 0.5) is 11.4 Å². The summed E-state index contributed by atoms with van der Waals surface area (Å²) in [4.78, 5) is 22.6. The predicted molar refractivity (Wildman–Crippen MR) is 90.3 cm³/mol. The first-order valence-corrected chi connectivity index (χ1v) is 7.79. The molecule has 3 rings (SSSR count). The standard InChI is InChI=1S/C15H15ClN4O5/c16-13-12(17-6-15(7-21)8-25-9-15)5-18-19(14(13)22)10-1-3-11(4-2-10)20(23)24/h1-5,17,21H,6-9H2. The van der Waals surface area contributed by atoms with Crippen LogP contribution >= 0.6 is 11.6 Å².